The van der Waals surface area contributed by atoms with Crippen LogP contribution in [0.15, 0.2) is 12.2 Å². The standard InChI is InChI=1S/C11H22N2/c1-10(2)5-7-13-6-3-4-11(8-12)9-13/h11H,1,3-9,12H2,2H3. The van der Waals surface area contributed by atoms with Crippen LogP contribution in [0.5, 0.6) is 0 Å². The summed E-state index contributed by atoms with van der Waals surface area (Å²) in [5, 5.41) is 0. The molecule has 0 spiro atoms. The molecule has 0 aromatic rings. The fraction of sp³-hybridized carbons (Fsp3) is 0.818. The Morgan fingerprint density at radius 1 is 1.62 bits per heavy atom. The van der Waals surface area contributed by atoms with Gasteiger partial charge < -0.3 is 10.6 Å². The van der Waals surface area contributed by atoms with Gasteiger partial charge in [0, 0.05) is 13.1 Å². The van der Waals surface area contributed by atoms with Gasteiger partial charge in [0.15, 0.2) is 0 Å². The van der Waals surface area contributed by atoms with Crippen molar-refractivity contribution in [2.75, 3.05) is 26.2 Å². The molecular formula is C11H22N2. The molecule has 1 aliphatic rings. The molecule has 1 fully saturated rings. The van der Waals surface area contributed by atoms with Crippen LogP contribution in [0.2, 0.25) is 0 Å². The third kappa shape index (κ3) is 3.92. The van der Waals surface area contributed by atoms with Crippen molar-refractivity contribution in [3.8, 4) is 0 Å². The molecule has 0 aliphatic carbocycles. The highest BCUT2D eigenvalue weighted by Crippen LogP contribution is 2.15. The minimum atomic E-state index is 0.735. The number of hydrogen-bond acceptors (Lipinski definition) is 2. The van der Waals surface area contributed by atoms with Crippen LogP contribution in [0.4, 0.5) is 0 Å². The summed E-state index contributed by atoms with van der Waals surface area (Å²) in [6, 6.07) is 0. The highest BCUT2D eigenvalue weighted by atomic mass is 15.1. The molecule has 2 nitrogen and oxygen atoms in total. The van der Waals surface area contributed by atoms with Gasteiger partial charge in [0.05, 0.1) is 0 Å². The Bertz CT molecular complexity index is 165. The van der Waals surface area contributed by atoms with Crippen LogP contribution in [0.25, 0.3) is 0 Å². The fourth-order valence-electron chi connectivity index (χ4n) is 1.90. The maximum absolute atomic E-state index is 5.68. The maximum Gasteiger partial charge on any atom is 0.00218 e. The molecule has 0 saturated carbocycles. The van der Waals surface area contributed by atoms with Crippen molar-refractivity contribution in [2.24, 2.45) is 11.7 Å². The van der Waals surface area contributed by atoms with Crippen LogP contribution in [0.1, 0.15) is 26.2 Å². The topological polar surface area (TPSA) is 29.3 Å². The van der Waals surface area contributed by atoms with E-state index in [0.717, 1.165) is 18.9 Å². The Balaban J connectivity index is 2.21. The summed E-state index contributed by atoms with van der Waals surface area (Å²) in [6.07, 6.45) is 3.77. The summed E-state index contributed by atoms with van der Waals surface area (Å²) in [4.78, 5) is 2.52. The van der Waals surface area contributed by atoms with E-state index in [1.165, 1.54) is 38.0 Å². The monoisotopic (exact) mass is 182 g/mol. The van der Waals surface area contributed by atoms with Gasteiger partial charge in [-0.3, -0.25) is 0 Å². The summed E-state index contributed by atoms with van der Waals surface area (Å²) in [6.45, 7) is 10.5. The second-order valence-electron chi connectivity index (χ2n) is 4.25. The van der Waals surface area contributed by atoms with Gasteiger partial charge in [-0.2, -0.15) is 0 Å². The lowest BCUT2D eigenvalue weighted by Gasteiger charge is -2.32. The molecular weight excluding hydrogens is 160 g/mol. The number of hydrogen-bond donors (Lipinski definition) is 1. The van der Waals surface area contributed by atoms with E-state index in [1.54, 1.807) is 0 Å². The molecule has 76 valence electrons. The van der Waals surface area contributed by atoms with Gasteiger partial charge in [0.2, 0.25) is 0 Å². The van der Waals surface area contributed by atoms with Crippen LogP contribution in [0.3, 0.4) is 0 Å². The van der Waals surface area contributed by atoms with Crippen molar-refractivity contribution in [1.82, 2.24) is 4.90 Å². The van der Waals surface area contributed by atoms with Gasteiger partial charge >= 0.3 is 0 Å². The molecule has 2 heteroatoms. The Hall–Kier alpha value is -0.340. The summed E-state index contributed by atoms with van der Waals surface area (Å²) in [5.41, 5.74) is 6.96. The Labute approximate surface area is 81.8 Å². The van der Waals surface area contributed by atoms with Gasteiger partial charge in [-0.25, -0.2) is 0 Å². The quantitative estimate of drug-likeness (QED) is 0.669. The van der Waals surface area contributed by atoms with Crippen molar-refractivity contribution in [3.63, 3.8) is 0 Å². The van der Waals surface area contributed by atoms with Gasteiger partial charge in [0.25, 0.3) is 0 Å². The van der Waals surface area contributed by atoms with E-state index < -0.39 is 0 Å². The summed E-state index contributed by atoms with van der Waals surface area (Å²) in [7, 11) is 0. The number of nitrogens with zero attached hydrogens (tertiary/aromatic N) is 1. The van der Waals surface area contributed by atoms with E-state index in [-0.39, 0.29) is 0 Å². The minimum Gasteiger partial charge on any atom is -0.330 e. The molecule has 13 heavy (non-hydrogen) atoms. The largest absolute Gasteiger partial charge is 0.330 e. The van der Waals surface area contributed by atoms with Crippen LogP contribution in [-0.2, 0) is 0 Å². The average Bonchev–Trinajstić information content (AvgIpc) is 2.15. The normalized spacial score (nSPS) is 24.6. The highest BCUT2D eigenvalue weighted by Gasteiger charge is 2.17. The Kier molecular flexibility index (Phi) is 4.46. The smallest absolute Gasteiger partial charge is 0.00218 e. The molecule has 0 radical (unpaired) electrons. The van der Waals surface area contributed by atoms with Crippen molar-refractivity contribution in [2.45, 2.75) is 26.2 Å². The second kappa shape index (κ2) is 5.40. The third-order valence-electron chi connectivity index (χ3n) is 2.79. The van der Waals surface area contributed by atoms with E-state index >= 15 is 0 Å². The average molecular weight is 182 g/mol. The summed E-state index contributed by atoms with van der Waals surface area (Å²) >= 11 is 0. The molecule has 1 heterocycles. The van der Waals surface area contributed by atoms with Crippen LogP contribution in [0, 0.1) is 5.92 Å². The molecule has 0 amide bonds. The zero-order valence-electron chi connectivity index (χ0n) is 8.76. The summed E-state index contributed by atoms with van der Waals surface area (Å²) in [5.74, 6) is 0.735. The molecule has 0 bridgehead atoms. The van der Waals surface area contributed by atoms with Gasteiger partial charge in [-0.15, -0.1) is 6.58 Å². The molecule has 1 rings (SSSR count). The predicted octanol–water partition coefficient (Wildman–Crippen LogP) is 1.62. The second-order valence-corrected chi connectivity index (χ2v) is 4.25. The van der Waals surface area contributed by atoms with Crippen molar-refractivity contribution in [1.29, 1.82) is 0 Å². The first kappa shape index (κ1) is 10.7. The predicted molar refractivity (Wildman–Crippen MR) is 57.6 cm³/mol. The molecule has 0 aromatic heterocycles. The Morgan fingerprint density at radius 3 is 3.00 bits per heavy atom. The van der Waals surface area contributed by atoms with E-state index in [4.69, 9.17) is 5.73 Å². The molecule has 0 aromatic carbocycles. The zero-order chi connectivity index (χ0) is 9.68. The van der Waals surface area contributed by atoms with Crippen molar-refractivity contribution < 1.29 is 0 Å². The van der Waals surface area contributed by atoms with E-state index in [1.807, 2.05) is 0 Å². The van der Waals surface area contributed by atoms with Gasteiger partial charge in [0.1, 0.15) is 0 Å². The lowest BCUT2D eigenvalue weighted by atomic mass is 9.98. The van der Waals surface area contributed by atoms with E-state index in [0.29, 0.717) is 0 Å². The molecule has 1 atom stereocenters. The minimum absolute atomic E-state index is 0.735. The first-order chi connectivity index (χ1) is 6.22. The zero-order valence-corrected chi connectivity index (χ0v) is 8.76. The van der Waals surface area contributed by atoms with Crippen molar-refractivity contribution >= 4 is 0 Å². The van der Waals surface area contributed by atoms with E-state index in [2.05, 4.69) is 18.4 Å². The SMILES string of the molecule is C=C(C)CCN1CCCC(CN)C1. The van der Waals surface area contributed by atoms with Crippen LogP contribution < -0.4 is 5.73 Å². The molecule has 1 unspecified atom stereocenters. The molecule has 1 saturated heterocycles. The first-order valence-corrected chi connectivity index (χ1v) is 5.29. The third-order valence-corrected chi connectivity index (χ3v) is 2.79. The fourth-order valence-corrected chi connectivity index (χ4v) is 1.90. The van der Waals surface area contributed by atoms with Crippen LogP contribution in [-0.4, -0.2) is 31.1 Å². The maximum atomic E-state index is 5.68. The molecule has 1 aliphatic heterocycles. The van der Waals surface area contributed by atoms with Gasteiger partial charge in [-0.1, -0.05) is 5.57 Å². The molecule has 2 N–H and O–H groups in total. The number of nitrogens with two attached hydrogens (primary N) is 1. The van der Waals surface area contributed by atoms with E-state index in [9.17, 15) is 0 Å². The van der Waals surface area contributed by atoms with Crippen molar-refractivity contribution in [3.05, 3.63) is 12.2 Å². The van der Waals surface area contributed by atoms with Crippen LogP contribution >= 0.6 is 0 Å². The number of piperidine rings is 1. The summed E-state index contributed by atoms with van der Waals surface area (Å²) < 4.78 is 0. The van der Waals surface area contributed by atoms with Gasteiger partial charge in [-0.05, 0) is 45.2 Å². The Morgan fingerprint density at radius 2 is 2.38 bits per heavy atom. The lowest BCUT2D eigenvalue weighted by Crippen LogP contribution is -2.38. The highest BCUT2D eigenvalue weighted by molar-refractivity contribution is 4.89. The lowest BCUT2D eigenvalue weighted by molar-refractivity contribution is 0.180. The number of rotatable bonds is 4. The number of likely N-dealkylation sites (tertiary alicyclic amines) is 1. The first-order valence-electron chi connectivity index (χ1n) is 5.29.